The fourth-order valence-corrected chi connectivity index (χ4v) is 2.15. The van der Waals surface area contributed by atoms with Crippen LogP contribution in [0.15, 0.2) is 30.5 Å². The molecule has 0 saturated carbocycles. The fraction of sp³-hybridized carbons (Fsp3) is 0.200. The Morgan fingerprint density at radius 1 is 0.690 bits per heavy atom. The molecule has 0 aliphatic rings. The first-order valence-electron chi connectivity index (χ1n) is 7.38. The Kier molecular flexibility index (Phi) is 4.75. The summed E-state index contributed by atoms with van der Waals surface area (Å²) in [5.41, 5.74) is -3.49. The van der Waals surface area contributed by atoms with E-state index >= 15 is 0 Å². The molecular weight excluding hydrogens is 421 g/mol. The lowest BCUT2D eigenvalue weighted by Crippen LogP contribution is -2.15. The Morgan fingerprint density at radius 3 is 1.90 bits per heavy atom. The quantitative estimate of drug-likeness (QED) is 0.569. The molecule has 154 valence electrons. The molecule has 0 atom stereocenters. The number of fused-ring (bicyclic) bond motifs is 1. The van der Waals surface area contributed by atoms with Crippen molar-refractivity contribution in [2.45, 2.75) is 18.5 Å². The van der Waals surface area contributed by atoms with Crippen molar-refractivity contribution in [1.29, 1.82) is 0 Å². The lowest BCUT2D eigenvalue weighted by Gasteiger charge is -2.13. The average molecular weight is 427 g/mol. The Morgan fingerprint density at radius 2 is 1.38 bits per heavy atom. The van der Waals surface area contributed by atoms with Gasteiger partial charge in [-0.3, -0.25) is 0 Å². The number of rotatable bonds is 2. The summed E-state index contributed by atoms with van der Waals surface area (Å²) in [5, 5.41) is 1.92. The van der Waals surface area contributed by atoms with Crippen molar-refractivity contribution in [3.8, 4) is 0 Å². The summed E-state index contributed by atoms with van der Waals surface area (Å²) in [6, 6.07) is 2.73. The highest BCUT2D eigenvalue weighted by Gasteiger charge is 2.37. The van der Waals surface area contributed by atoms with Gasteiger partial charge in [0.1, 0.15) is 17.3 Å². The van der Waals surface area contributed by atoms with Crippen LogP contribution in [0.25, 0.3) is 11.0 Å². The van der Waals surface area contributed by atoms with Crippen LogP contribution in [0.2, 0.25) is 0 Å². The van der Waals surface area contributed by atoms with Gasteiger partial charge in [0, 0.05) is 6.20 Å². The zero-order valence-corrected chi connectivity index (χ0v) is 13.6. The second-order valence-electron chi connectivity index (χ2n) is 5.51. The number of hydrogen-bond donors (Lipinski definition) is 1. The summed E-state index contributed by atoms with van der Waals surface area (Å²) in [6.45, 7) is 0. The molecule has 0 radical (unpaired) electrons. The van der Waals surface area contributed by atoms with Gasteiger partial charge >= 0.3 is 18.5 Å². The highest BCUT2D eigenvalue weighted by Crippen LogP contribution is 2.34. The minimum Gasteiger partial charge on any atom is -0.324 e. The minimum absolute atomic E-state index is 0.326. The molecule has 0 unspecified atom stereocenters. The Labute approximate surface area is 154 Å². The summed E-state index contributed by atoms with van der Waals surface area (Å²) >= 11 is 0. The molecule has 0 aromatic carbocycles. The summed E-state index contributed by atoms with van der Waals surface area (Å²) in [6.07, 6.45) is -14.3. The van der Waals surface area contributed by atoms with Crippen LogP contribution < -0.4 is 5.32 Å². The normalized spacial score (nSPS) is 13.0. The number of hydrogen-bond acceptors (Lipinski definition) is 5. The molecule has 3 heterocycles. The zero-order chi connectivity index (χ0) is 21.6. The van der Waals surface area contributed by atoms with Crippen LogP contribution in [0.3, 0.4) is 0 Å². The van der Waals surface area contributed by atoms with Crippen LogP contribution >= 0.6 is 0 Å². The van der Waals surface area contributed by atoms with E-state index in [0.29, 0.717) is 18.3 Å². The maximum absolute atomic E-state index is 13.0. The van der Waals surface area contributed by atoms with Crippen LogP contribution in [0.5, 0.6) is 0 Å². The molecule has 14 heteroatoms. The molecule has 0 aliphatic heterocycles. The maximum atomic E-state index is 13.0. The molecule has 3 aromatic rings. The SMILES string of the molecule is FC(F)(F)c1ccc(Nc2nc(C(F)(F)F)nc3nc(C(F)(F)F)ccc23)nc1. The average Bonchev–Trinajstić information content (AvgIpc) is 2.59. The predicted molar refractivity (Wildman–Crippen MR) is 79.9 cm³/mol. The van der Waals surface area contributed by atoms with E-state index < -0.39 is 47.1 Å². The van der Waals surface area contributed by atoms with E-state index in [1.54, 1.807) is 0 Å². The van der Waals surface area contributed by atoms with E-state index in [0.717, 1.165) is 12.1 Å². The third-order valence-electron chi connectivity index (χ3n) is 3.44. The Hall–Kier alpha value is -3.19. The van der Waals surface area contributed by atoms with Gasteiger partial charge in [0.2, 0.25) is 5.82 Å². The summed E-state index contributed by atoms with van der Waals surface area (Å²) in [5.74, 6) is -2.74. The van der Waals surface area contributed by atoms with Crippen molar-refractivity contribution in [1.82, 2.24) is 19.9 Å². The monoisotopic (exact) mass is 427 g/mol. The first-order chi connectivity index (χ1) is 13.2. The molecule has 3 aromatic heterocycles. The van der Waals surface area contributed by atoms with Crippen LogP contribution in [-0.4, -0.2) is 19.9 Å². The van der Waals surface area contributed by atoms with Crippen LogP contribution in [0.1, 0.15) is 17.1 Å². The van der Waals surface area contributed by atoms with Crippen molar-refractivity contribution in [2.24, 2.45) is 0 Å². The Balaban J connectivity index is 2.10. The third-order valence-corrected chi connectivity index (χ3v) is 3.44. The van der Waals surface area contributed by atoms with Crippen molar-refractivity contribution in [3.05, 3.63) is 47.5 Å². The van der Waals surface area contributed by atoms with Crippen LogP contribution in [0.4, 0.5) is 51.1 Å². The second kappa shape index (κ2) is 6.70. The van der Waals surface area contributed by atoms with E-state index in [2.05, 4.69) is 25.3 Å². The van der Waals surface area contributed by atoms with Gasteiger partial charge in [0.15, 0.2) is 5.65 Å². The predicted octanol–water partition coefficient (Wildman–Crippen LogP) is 5.22. The number of halogens is 9. The number of anilines is 2. The first-order valence-corrected chi connectivity index (χ1v) is 7.38. The van der Waals surface area contributed by atoms with Crippen molar-refractivity contribution in [3.63, 3.8) is 0 Å². The zero-order valence-electron chi connectivity index (χ0n) is 13.6. The largest absolute Gasteiger partial charge is 0.451 e. The number of nitrogens with one attached hydrogen (secondary N) is 1. The summed E-state index contributed by atoms with van der Waals surface area (Å²) < 4.78 is 115. The molecule has 0 amide bonds. The van der Waals surface area contributed by atoms with E-state index in [-0.39, 0.29) is 11.2 Å². The standard InChI is InChI=1S/C15H6F9N5/c16-13(17,18)6-1-4-9(25-5-6)27-11-7-2-3-8(14(19,20)21)26-10(7)28-12(29-11)15(22,23)24/h1-5H,(H,25,26,27,28,29). The number of nitrogens with zero attached hydrogens (tertiary/aromatic N) is 4. The first kappa shape index (κ1) is 20.5. The highest BCUT2D eigenvalue weighted by atomic mass is 19.4. The van der Waals surface area contributed by atoms with Gasteiger partial charge in [0.05, 0.1) is 10.9 Å². The molecule has 5 nitrogen and oxygen atoms in total. The van der Waals surface area contributed by atoms with Crippen molar-refractivity contribution < 1.29 is 39.5 Å². The van der Waals surface area contributed by atoms with E-state index in [9.17, 15) is 39.5 Å². The van der Waals surface area contributed by atoms with Gasteiger partial charge in [-0.1, -0.05) is 0 Å². The van der Waals surface area contributed by atoms with Gasteiger partial charge in [-0.05, 0) is 24.3 Å². The second-order valence-corrected chi connectivity index (χ2v) is 5.51. The number of aromatic nitrogens is 4. The fourth-order valence-electron chi connectivity index (χ4n) is 2.15. The highest BCUT2D eigenvalue weighted by molar-refractivity contribution is 5.88. The molecule has 0 spiro atoms. The van der Waals surface area contributed by atoms with Gasteiger partial charge in [-0.2, -0.15) is 39.5 Å². The molecule has 0 bridgehead atoms. The van der Waals surface area contributed by atoms with Crippen molar-refractivity contribution in [2.75, 3.05) is 5.32 Å². The van der Waals surface area contributed by atoms with Crippen LogP contribution in [0, 0.1) is 0 Å². The number of alkyl halides is 9. The maximum Gasteiger partial charge on any atom is 0.451 e. The molecule has 0 aliphatic carbocycles. The van der Waals surface area contributed by atoms with Gasteiger partial charge in [-0.25, -0.2) is 19.9 Å². The molecule has 0 saturated heterocycles. The molecule has 1 N–H and O–H groups in total. The lowest BCUT2D eigenvalue weighted by atomic mass is 10.2. The van der Waals surface area contributed by atoms with E-state index in [1.807, 2.05) is 0 Å². The third kappa shape index (κ3) is 4.46. The molecular formula is C15H6F9N5. The smallest absolute Gasteiger partial charge is 0.324 e. The Bertz CT molecular complexity index is 1030. The van der Waals surface area contributed by atoms with Crippen molar-refractivity contribution >= 4 is 22.7 Å². The summed E-state index contributed by atoms with van der Waals surface area (Å²) in [7, 11) is 0. The van der Waals surface area contributed by atoms with Gasteiger partial charge in [0.25, 0.3) is 0 Å². The molecule has 29 heavy (non-hydrogen) atoms. The van der Waals surface area contributed by atoms with Gasteiger partial charge < -0.3 is 5.32 Å². The summed E-state index contributed by atoms with van der Waals surface area (Å²) in [4.78, 5) is 12.7. The van der Waals surface area contributed by atoms with E-state index in [1.165, 1.54) is 0 Å². The number of pyridine rings is 2. The lowest BCUT2D eigenvalue weighted by molar-refractivity contribution is -0.144. The molecule has 3 rings (SSSR count). The van der Waals surface area contributed by atoms with Crippen LogP contribution in [-0.2, 0) is 18.5 Å². The molecule has 0 fully saturated rings. The minimum atomic E-state index is -5.12. The van der Waals surface area contributed by atoms with E-state index in [4.69, 9.17) is 0 Å². The van der Waals surface area contributed by atoms with Gasteiger partial charge in [-0.15, -0.1) is 0 Å². The topological polar surface area (TPSA) is 63.6 Å².